The Labute approximate surface area is 256 Å². The molecule has 0 saturated carbocycles. The number of hydrogen-bond acceptors (Lipinski definition) is 10. The summed E-state index contributed by atoms with van der Waals surface area (Å²) in [7, 11) is -8.07. The molecule has 4 N–H and O–H groups in total. The number of carbonyl (C=O) groups is 1. The Morgan fingerprint density at radius 1 is 0.867 bits per heavy atom. The highest BCUT2D eigenvalue weighted by Crippen LogP contribution is 2.26. The SMILES string of the molecule is Cc1cccc(S(=O)(=O)Nc2cccc(S(=O)(=O)Nc3ccc(NNC(=O)n4ncc5cc(C#N)c([N+](=O)[O-])cc54)cc3)c2)c1. The second-order valence-electron chi connectivity index (χ2n) is 9.54. The highest BCUT2D eigenvalue weighted by Gasteiger charge is 2.21. The number of sulfonamides is 2. The van der Waals surface area contributed by atoms with Gasteiger partial charge in [0.2, 0.25) is 0 Å². The van der Waals surface area contributed by atoms with Gasteiger partial charge in [0.1, 0.15) is 11.6 Å². The van der Waals surface area contributed by atoms with Gasteiger partial charge in [-0.3, -0.25) is 25.0 Å². The van der Waals surface area contributed by atoms with Crippen LogP contribution in [-0.4, -0.2) is 37.6 Å². The van der Waals surface area contributed by atoms with Crippen LogP contribution < -0.4 is 20.3 Å². The van der Waals surface area contributed by atoms with Gasteiger partial charge >= 0.3 is 6.03 Å². The molecule has 0 fully saturated rings. The van der Waals surface area contributed by atoms with Gasteiger partial charge in [-0.2, -0.15) is 15.0 Å². The molecule has 228 valence electrons. The Balaban J connectivity index is 1.24. The van der Waals surface area contributed by atoms with Crippen molar-refractivity contribution >= 4 is 59.7 Å². The number of nitro groups is 1. The Morgan fingerprint density at radius 2 is 1.49 bits per heavy atom. The molecule has 0 atom stereocenters. The number of aromatic nitrogens is 2. The standard InChI is InChI=1S/C28H22N8O7S2/c1-18-4-2-6-24(12-18)44(40,41)34-23-5-3-7-25(14-23)45(42,43)33-22-10-8-21(9-11-22)31-32-28(37)35-26-15-27(36(38)39)19(16-29)13-20(26)17-30-35/h2-15,17,31,33-34H,1H3,(H,32,37). The summed E-state index contributed by atoms with van der Waals surface area (Å²) in [4.78, 5) is 23.1. The number of anilines is 3. The Kier molecular flexibility index (Phi) is 8.09. The van der Waals surface area contributed by atoms with E-state index >= 15 is 0 Å². The third kappa shape index (κ3) is 6.66. The van der Waals surface area contributed by atoms with Gasteiger partial charge < -0.3 is 0 Å². The molecule has 0 unspecified atom stereocenters. The zero-order valence-corrected chi connectivity index (χ0v) is 24.8. The molecule has 0 saturated heterocycles. The summed E-state index contributed by atoms with van der Waals surface area (Å²) in [5, 5.41) is 24.7. The number of nitro benzene ring substituents is 1. The van der Waals surface area contributed by atoms with E-state index in [4.69, 9.17) is 5.26 Å². The first kappa shape index (κ1) is 30.5. The zero-order chi connectivity index (χ0) is 32.4. The second-order valence-corrected chi connectivity index (χ2v) is 12.9. The molecule has 0 aliphatic heterocycles. The predicted molar refractivity (Wildman–Crippen MR) is 164 cm³/mol. The molecule has 1 heterocycles. The average Bonchev–Trinajstić information content (AvgIpc) is 3.43. The molecule has 0 aliphatic carbocycles. The van der Waals surface area contributed by atoms with Crippen molar-refractivity contribution in [1.82, 2.24) is 15.2 Å². The van der Waals surface area contributed by atoms with E-state index in [-0.39, 0.29) is 32.2 Å². The van der Waals surface area contributed by atoms with Crippen LogP contribution in [0.2, 0.25) is 0 Å². The number of rotatable bonds is 9. The van der Waals surface area contributed by atoms with Crippen molar-refractivity contribution in [2.75, 3.05) is 14.9 Å². The molecule has 5 aromatic rings. The summed E-state index contributed by atoms with van der Waals surface area (Å²) >= 11 is 0. The Bertz CT molecular complexity index is 2230. The summed E-state index contributed by atoms with van der Waals surface area (Å²) < 4.78 is 57.3. The van der Waals surface area contributed by atoms with Crippen LogP contribution in [-0.2, 0) is 20.0 Å². The van der Waals surface area contributed by atoms with E-state index in [1.54, 1.807) is 25.1 Å². The van der Waals surface area contributed by atoms with Gasteiger partial charge in [0.25, 0.3) is 25.7 Å². The molecular weight excluding hydrogens is 624 g/mol. The van der Waals surface area contributed by atoms with Crippen LogP contribution in [0.25, 0.3) is 10.9 Å². The average molecular weight is 647 g/mol. The first-order valence-corrected chi connectivity index (χ1v) is 15.8. The monoisotopic (exact) mass is 646 g/mol. The number of hydrazine groups is 1. The second kappa shape index (κ2) is 11.9. The van der Waals surface area contributed by atoms with E-state index in [1.807, 2.05) is 0 Å². The molecule has 0 radical (unpaired) electrons. The fourth-order valence-electron chi connectivity index (χ4n) is 4.20. The third-order valence-corrected chi connectivity index (χ3v) is 9.10. The molecule has 1 aromatic heterocycles. The topological polar surface area (TPSA) is 218 Å². The van der Waals surface area contributed by atoms with E-state index in [1.165, 1.54) is 72.9 Å². The lowest BCUT2D eigenvalue weighted by molar-refractivity contribution is -0.385. The minimum Gasteiger partial charge on any atom is -0.297 e. The van der Waals surface area contributed by atoms with Crippen molar-refractivity contribution in [2.24, 2.45) is 0 Å². The molecule has 4 aromatic carbocycles. The molecule has 17 heteroatoms. The minimum absolute atomic E-state index is 0.0370. The smallest absolute Gasteiger partial charge is 0.297 e. The van der Waals surface area contributed by atoms with Crippen LogP contribution in [0.15, 0.2) is 101 Å². The normalized spacial score (nSPS) is 11.4. The fourth-order valence-corrected chi connectivity index (χ4v) is 6.46. The fraction of sp³-hybridized carbons (Fsp3) is 0.0357. The van der Waals surface area contributed by atoms with Crippen LogP contribution in [0.3, 0.4) is 0 Å². The molecule has 0 bridgehead atoms. The van der Waals surface area contributed by atoms with Crippen molar-refractivity contribution in [1.29, 1.82) is 5.26 Å². The van der Waals surface area contributed by atoms with Gasteiger partial charge in [-0.15, -0.1) is 0 Å². The zero-order valence-electron chi connectivity index (χ0n) is 23.1. The minimum atomic E-state index is -4.12. The Hall–Kier alpha value is -5.99. The van der Waals surface area contributed by atoms with Crippen LogP contribution >= 0.6 is 0 Å². The summed E-state index contributed by atoms with van der Waals surface area (Å²) in [5.41, 5.74) is 5.82. The lowest BCUT2D eigenvalue weighted by Gasteiger charge is -2.13. The molecule has 0 spiro atoms. The van der Waals surface area contributed by atoms with E-state index < -0.39 is 36.7 Å². The first-order chi connectivity index (χ1) is 21.4. The van der Waals surface area contributed by atoms with Crippen molar-refractivity contribution < 1.29 is 26.6 Å². The lowest BCUT2D eigenvalue weighted by atomic mass is 10.1. The molecule has 45 heavy (non-hydrogen) atoms. The largest absolute Gasteiger partial charge is 0.361 e. The van der Waals surface area contributed by atoms with Crippen molar-refractivity contribution in [3.63, 3.8) is 0 Å². The van der Waals surface area contributed by atoms with Gasteiger partial charge in [0, 0.05) is 17.1 Å². The number of nitriles is 1. The van der Waals surface area contributed by atoms with Gasteiger partial charge in [0.05, 0.1) is 37.8 Å². The van der Waals surface area contributed by atoms with E-state index in [9.17, 15) is 31.7 Å². The highest BCUT2D eigenvalue weighted by molar-refractivity contribution is 7.93. The molecule has 5 rings (SSSR count). The van der Waals surface area contributed by atoms with Crippen molar-refractivity contribution in [3.8, 4) is 6.07 Å². The number of aryl methyl sites for hydroxylation is 1. The predicted octanol–water partition coefficient (Wildman–Crippen LogP) is 4.31. The van der Waals surface area contributed by atoms with Gasteiger partial charge in [-0.05, 0) is 73.2 Å². The number of carbonyl (C=O) groups excluding carboxylic acids is 1. The summed E-state index contributed by atoms with van der Waals surface area (Å²) in [6.07, 6.45) is 1.29. The number of nitrogens with one attached hydrogen (secondary N) is 4. The summed E-state index contributed by atoms with van der Waals surface area (Å²) in [6.45, 7) is 1.75. The molecule has 1 amide bonds. The highest BCUT2D eigenvalue weighted by atomic mass is 32.2. The van der Waals surface area contributed by atoms with Crippen molar-refractivity contribution in [3.05, 3.63) is 112 Å². The van der Waals surface area contributed by atoms with Gasteiger partial charge in [0.15, 0.2) is 0 Å². The van der Waals surface area contributed by atoms with Crippen LogP contribution in [0.1, 0.15) is 11.1 Å². The van der Waals surface area contributed by atoms with Crippen LogP contribution in [0, 0.1) is 28.4 Å². The van der Waals surface area contributed by atoms with Gasteiger partial charge in [-0.1, -0.05) is 18.2 Å². The number of fused-ring (bicyclic) bond motifs is 1. The maximum absolute atomic E-state index is 13.0. The van der Waals surface area contributed by atoms with Crippen LogP contribution in [0.4, 0.5) is 27.5 Å². The molecular formula is C28H22N8O7S2. The third-order valence-electron chi connectivity index (χ3n) is 6.34. The quantitative estimate of drug-likeness (QED) is 0.131. The maximum Gasteiger partial charge on any atom is 0.361 e. The van der Waals surface area contributed by atoms with Crippen LogP contribution in [0.5, 0.6) is 0 Å². The van der Waals surface area contributed by atoms with E-state index in [2.05, 4.69) is 25.4 Å². The maximum atomic E-state index is 13.0. The molecule has 15 nitrogen and oxygen atoms in total. The first-order valence-electron chi connectivity index (χ1n) is 12.8. The van der Waals surface area contributed by atoms with E-state index in [0.717, 1.165) is 16.3 Å². The van der Waals surface area contributed by atoms with Gasteiger partial charge in [-0.25, -0.2) is 27.1 Å². The Morgan fingerprint density at radius 3 is 2.13 bits per heavy atom. The number of amides is 1. The summed E-state index contributed by atoms with van der Waals surface area (Å²) in [5.74, 6) is 0. The van der Waals surface area contributed by atoms with Crippen molar-refractivity contribution in [2.45, 2.75) is 16.7 Å². The van der Waals surface area contributed by atoms with E-state index in [0.29, 0.717) is 11.1 Å². The number of nitrogens with zero attached hydrogens (tertiary/aromatic N) is 4. The number of benzene rings is 4. The summed E-state index contributed by atoms with van der Waals surface area (Å²) in [6, 6.07) is 20.7. The number of hydrogen-bond donors (Lipinski definition) is 4. The lowest BCUT2D eigenvalue weighted by Crippen LogP contribution is -2.33. The molecule has 0 aliphatic rings.